The van der Waals surface area contributed by atoms with Crippen molar-refractivity contribution < 1.29 is 0 Å². The third-order valence-electron chi connectivity index (χ3n) is 14.6. The second-order valence-corrected chi connectivity index (χ2v) is 22.4. The van der Waals surface area contributed by atoms with Crippen LogP contribution in [0.3, 0.4) is 0 Å². The number of rotatable bonds is 6. The Morgan fingerprint density at radius 1 is 0.308 bits per heavy atom. The first-order valence-corrected chi connectivity index (χ1v) is 21.9. The zero-order chi connectivity index (χ0) is 26.2. The molecule has 7 aliphatic rings. The Labute approximate surface area is 246 Å². The quantitative estimate of drug-likeness (QED) is 0.279. The molecule has 0 aromatic carbocycles. The molecule has 7 rings (SSSR count). The van der Waals surface area contributed by atoms with Gasteiger partial charge in [0.15, 0.2) is 0 Å². The standard InChI is InChI=1S/C37H64P2/c1-5-17-31(18-6-1)36(32-19-7-2-8-20-32)27-15-29-38(36)35(25-13-14-26-35)39-30-16-28-37(39,33-21-9-3-10-22-33)34-23-11-4-12-24-34/h31-34H,1-30H2. The van der Waals surface area contributed by atoms with E-state index in [1.165, 1.54) is 0 Å². The van der Waals surface area contributed by atoms with Crippen LogP contribution in [-0.4, -0.2) is 27.5 Å². The van der Waals surface area contributed by atoms with Gasteiger partial charge in [-0.25, -0.2) is 0 Å². The average molecular weight is 571 g/mol. The highest BCUT2D eigenvalue weighted by Crippen LogP contribution is 2.89. The molecule has 2 unspecified atom stereocenters. The summed E-state index contributed by atoms with van der Waals surface area (Å²) in [6.45, 7) is 0. The van der Waals surface area contributed by atoms with Crippen LogP contribution in [0.2, 0.25) is 0 Å². The predicted molar refractivity (Wildman–Crippen MR) is 175 cm³/mol. The molecule has 2 heterocycles. The number of hydrogen-bond acceptors (Lipinski definition) is 0. The van der Waals surface area contributed by atoms with Gasteiger partial charge in [-0.1, -0.05) is 106 Å². The zero-order valence-corrected chi connectivity index (χ0v) is 27.7. The first kappa shape index (κ1) is 28.6. The lowest BCUT2D eigenvalue weighted by Crippen LogP contribution is -2.50. The van der Waals surface area contributed by atoms with E-state index in [0.29, 0.717) is 0 Å². The second-order valence-electron chi connectivity index (χ2n) is 16.0. The Balaban J connectivity index is 1.32. The molecule has 5 saturated carbocycles. The molecule has 2 saturated heterocycles. The molecule has 0 amide bonds. The molecular formula is C37H64P2. The molecule has 0 aromatic rings. The first-order valence-electron chi connectivity index (χ1n) is 18.9. The normalized spacial score (nSPS) is 36.9. The van der Waals surface area contributed by atoms with Gasteiger partial charge in [-0.15, -0.1) is 0 Å². The van der Waals surface area contributed by atoms with Crippen molar-refractivity contribution >= 4 is 15.8 Å². The summed E-state index contributed by atoms with van der Waals surface area (Å²) >= 11 is 0. The zero-order valence-electron chi connectivity index (χ0n) is 25.9. The van der Waals surface area contributed by atoms with Gasteiger partial charge in [-0.2, -0.15) is 0 Å². The lowest BCUT2D eigenvalue weighted by atomic mass is 9.67. The molecule has 0 radical (unpaired) electrons. The Bertz CT molecular complexity index is 677. The minimum atomic E-state index is 0.193. The third-order valence-corrected chi connectivity index (χ3v) is 24.4. The van der Waals surface area contributed by atoms with Crippen LogP contribution in [0.5, 0.6) is 0 Å². The Morgan fingerprint density at radius 2 is 0.615 bits per heavy atom. The van der Waals surface area contributed by atoms with Gasteiger partial charge in [0.25, 0.3) is 0 Å². The largest absolute Gasteiger partial charge is 0.0889 e. The molecule has 2 aliphatic heterocycles. The maximum absolute atomic E-state index is 1.73. The first-order chi connectivity index (χ1) is 19.3. The fourth-order valence-corrected chi connectivity index (χ4v) is 25.7. The Kier molecular flexibility index (Phi) is 9.14. The van der Waals surface area contributed by atoms with E-state index in [2.05, 4.69) is 0 Å². The van der Waals surface area contributed by atoms with E-state index in [-0.39, 0.29) is 15.8 Å². The van der Waals surface area contributed by atoms with Crippen molar-refractivity contribution in [3.63, 3.8) is 0 Å². The summed E-state index contributed by atoms with van der Waals surface area (Å²) < 4.78 is 0. The van der Waals surface area contributed by atoms with E-state index in [1.54, 1.807) is 192 Å². The lowest BCUT2D eigenvalue weighted by molar-refractivity contribution is 0.163. The molecule has 2 atom stereocenters. The van der Waals surface area contributed by atoms with Crippen molar-refractivity contribution in [1.82, 2.24) is 0 Å². The highest BCUT2D eigenvalue weighted by molar-refractivity contribution is 7.79. The molecule has 39 heavy (non-hydrogen) atoms. The molecule has 0 nitrogen and oxygen atoms in total. The van der Waals surface area contributed by atoms with E-state index >= 15 is 0 Å². The highest BCUT2D eigenvalue weighted by atomic mass is 31.2. The van der Waals surface area contributed by atoms with Crippen LogP contribution < -0.4 is 0 Å². The summed E-state index contributed by atoms with van der Waals surface area (Å²) in [5, 5.41) is 1.66. The van der Waals surface area contributed by atoms with E-state index in [4.69, 9.17) is 0 Å². The maximum Gasteiger partial charge on any atom is 0.0116 e. The topological polar surface area (TPSA) is 0 Å². The van der Waals surface area contributed by atoms with Crippen LogP contribution in [0.1, 0.15) is 180 Å². The Morgan fingerprint density at radius 3 is 0.923 bits per heavy atom. The fraction of sp³-hybridized carbons (Fsp3) is 1.00. The highest BCUT2D eigenvalue weighted by Gasteiger charge is 2.66. The molecule has 222 valence electrons. The third kappa shape index (κ3) is 4.89. The molecule has 5 aliphatic carbocycles. The summed E-state index contributed by atoms with van der Waals surface area (Å²) in [5.74, 6) is 4.54. The molecule has 0 N–H and O–H groups in total. The summed E-state index contributed by atoms with van der Waals surface area (Å²) in [4.78, 5) is 0.863. The molecule has 7 fully saturated rings. The minimum absolute atomic E-state index is 0.193. The summed E-state index contributed by atoms with van der Waals surface area (Å²) in [7, 11) is 0.387. The van der Waals surface area contributed by atoms with E-state index in [0.717, 1.165) is 38.9 Å². The van der Waals surface area contributed by atoms with Gasteiger partial charge in [-0.05, 0) is 136 Å². The van der Waals surface area contributed by atoms with E-state index in [1.807, 2.05) is 0 Å². The summed E-state index contributed by atoms with van der Waals surface area (Å²) in [6.07, 6.45) is 48.8. The van der Waals surface area contributed by atoms with Crippen LogP contribution in [0.25, 0.3) is 0 Å². The Hall–Kier alpha value is 0.860. The van der Waals surface area contributed by atoms with Crippen LogP contribution in [-0.2, 0) is 0 Å². The van der Waals surface area contributed by atoms with Crippen molar-refractivity contribution in [2.45, 2.75) is 195 Å². The SMILES string of the molecule is C1CCC(C2(C3CCCCC3)CCCP2C2(P3CCCC3(C3CCCCC3)C3CCCCC3)CCCC2)CC1. The predicted octanol–water partition coefficient (Wildman–Crippen LogP) is 12.6. The lowest BCUT2D eigenvalue weighted by Gasteiger charge is -2.62. The fourth-order valence-electron chi connectivity index (χ4n) is 13.3. The van der Waals surface area contributed by atoms with Crippen LogP contribution in [0.4, 0.5) is 0 Å². The molecule has 0 bridgehead atoms. The van der Waals surface area contributed by atoms with Gasteiger partial charge in [-0.3, -0.25) is 0 Å². The van der Waals surface area contributed by atoms with E-state index < -0.39 is 0 Å². The van der Waals surface area contributed by atoms with E-state index in [9.17, 15) is 0 Å². The van der Waals surface area contributed by atoms with Crippen molar-refractivity contribution in [1.29, 1.82) is 0 Å². The monoisotopic (exact) mass is 570 g/mol. The van der Waals surface area contributed by atoms with Crippen molar-refractivity contribution in [2.24, 2.45) is 23.7 Å². The minimum Gasteiger partial charge on any atom is -0.0889 e. The van der Waals surface area contributed by atoms with Crippen LogP contribution in [0, 0.1) is 23.7 Å². The summed E-state index contributed by atoms with van der Waals surface area (Å²) in [6, 6.07) is 0. The van der Waals surface area contributed by atoms with Gasteiger partial charge < -0.3 is 0 Å². The van der Waals surface area contributed by atoms with Crippen LogP contribution >= 0.6 is 15.8 Å². The van der Waals surface area contributed by atoms with Crippen molar-refractivity contribution in [2.75, 3.05) is 12.3 Å². The average Bonchev–Trinajstić information content (AvgIpc) is 3.79. The second kappa shape index (κ2) is 12.5. The van der Waals surface area contributed by atoms with Gasteiger partial charge in [0.2, 0.25) is 0 Å². The van der Waals surface area contributed by atoms with Gasteiger partial charge in [0.05, 0.1) is 0 Å². The molecule has 0 spiro atoms. The van der Waals surface area contributed by atoms with Crippen molar-refractivity contribution in [3.05, 3.63) is 0 Å². The molecular weight excluding hydrogens is 506 g/mol. The van der Waals surface area contributed by atoms with Gasteiger partial charge >= 0.3 is 0 Å². The number of hydrogen-bond donors (Lipinski definition) is 0. The van der Waals surface area contributed by atoms with Crippen molar-refractivity contribution in [3.8, 4) is 0 Å². The van der Waals surface area contributed by atoms with Gasteiger partial charge in [0.1, 0.15) is 0 Å². The smallest absolute Gasteiger partial charge is 0.0116 e. The summed E-state index contributed by atoms with van der Waals surface area (Å²) in [5.41, 5.74) is 0. The molecule has 0 aromatic heterocycles. The van der Waals surface area contributed by atoms with Crippen LogP contribution in [0.15, 0.2) is 0 Å². The van der Waals surface area contributed by atoms with Gasteiger partial charge in [0, 0.05) is 4.90 Å². The molecule has 2 heteroatoms. The maximum atomic E-state index is 1.73.